The molecule has 0 saturated heterocycles. The molecule has 1 N–H and O–H groups in total. The van der Waals surface area contributed by atoms with Gasteiger partial charge in [-0.25, -0.2) is 0 Å². The minimum absolute atomic E-state index is 0.146. The average Bonchev–Trinajstić information content (AvgIpc) is 3.07. The molecule has 1 amide bonds. The Labute approximate surface area is 159 Å². The van der Waals surface area contributed by atoms with Crippen molar-refractivity contribution in [1.29, 1.82) is 0 Å². The molecule has 6 nitrogen and oxygen atoms in total. The van der Waals surface area contributed by atoms with Crippen LogP contribution >= 0.6 is 23.4 Å². The Balaban J connectivity index is 1.45. The summed E-state index contributed by atoms with van der Waals surface area (Å²) in [6.07, 6.45) is 0. The number of hydrogen-bond acceptors (Lipinski definition) is 6. The van der Waals surface area contributed by atoms with Gasteiger partial charge in [-0.1, -0.05) is 47.1 Å². The number of carbonyl (C=O) groups excluding carboxylic acids is 1. The van der Waals surface area contributed by atoms with Crippen LogP contribution in [0.1, 0.15) is 11.5 Å². The fourth-order valence-electron chi connectivity index (χ4n) is 2.03. The highest BCUT2D eigenvalue weighted by Crippen LogP contribution is 2.19. The van der Waals surface area contributed by atoms with Gasteiger partial charge in [0.1, 0.15) is 5.75 Å². The zero-order chi connectivity index (χ0) is 18.4. The molecule has 0 radical (unpaired) electrons. The third kappa shape index (κ3) is 5.50. The summed E-state index contributed by atoms with van der Waals surface area (Å²) in [6.45, 7) is 2.18. The van der Waals surface area contributed by atoms with Gasteiger partial charge < -0.3 is 14.5 Å². The first-order valence-corrected chi connectivity index (χ1v) is 9.15. The van der Waals surface area contributed by atoms with Gasteiger partial charge in [0.05, 0.1) is 5.75 Å². The van der Waals surface area contributed by atoms with E-state index in [2.05, 4.69) is 15.5 Å². The fraction of sp³-hybridized carbons (Fsp3) is 0.167. The van der Waals surface area contributed by atoms with Crippen LogP contribution in [0.15, 0.2) is 58.2 Å². The highest BCUT2D eigenvalue weighted by Gasteiger charge is 2.10. The molecule has 0 saturated carbocycles. The predicted octanol–water partition coefficient (Wildman–Crippen LogP) is 4.34. The number of nitrogens with one attached hydrogen (secondary N) is 1. The minimum Gasteiger partial charge on any atom is -0.484 e. The SMILES string of the molecule is Cc1ccc(OCc2nnc(SCC(=O)Nc3cccc(Cl)c3)o2)cc1. The van der Waals surface area contributed by atoms with E-state index in [4.69, 9.17) is 20.8 Å². The Morgan fingerprint density at radius 3 is 2.81 bits per heavy atom. The van der Waals surface area contributed by atoms with Gasteiger partial charge in [-0.15, -0.1) is 10.2 Å². The van der Waals surface area contributed by atoms with Crippen molar-refractivity contribution in [1.82, 2.24) is 10.2 Å². The summed E-state index contributed by atoms with van der Waals surface area (Å²) >= 11 is 7.04. The molecule has 0 aliphatic rings. The van der Waals surface area contributed by atoms with Gasteiger partial charge >= 0.3 is 0 Å². The third-order valence-corrected chi connectivity index (χ3v) is 4.32. The van der Waals surface area contributed by atoms with Crippen LogP contribution in [-0.2, 0) is 11.4 Å². The lowest BCUT2D eigenvalue weighted by molar-refractivity contribution is -0.113. The molecule has 0 aliphatic carbocycles. The summed E-state index contributed by atoms with van der Waals surface area (Å²) in [6, 6.07) is 14.6. The second-order valence-corrected chi connectivity index (χ2v) is 6.77. The van der Waals surface area contributed by atoms with Gasteiger partial charge in [-0.2, -0.15) is 0 Å². The highest BCUT2D eigenvalue weighted by molar-refractivity contribution is 7.99. The van der Waals surface area contributed by atoms with Crippen LogP contribution in [0.4, 0.5) is 5.69 Å². The van der Waals surface area contributed by atoms with Crippen molar-refractivity contribution >= 4 is 35.0 Å². The summed E-state index contributed by atoms with van der Waals surface area (Å²) in [5, 5.41) is 11.4. The molecular formula is C18H16ClN3O3S. The van der Waals surface area contributed by atoms with Gasteiger partial charge in [-0.3, -0.25) is 4.79 Å². The molecular weight excluding hydrogens is 374 g/mol. The summed E-state index contributed by atoms with van der Waals surface area (Å²) < 4.78 is 11.0. The number of anilines is 1. The number of nitrogens with zero attached hydrogens (tertiary/aromatic N) is 2. The van der Waals surface area contributed by atoms with Crippen molar-refractivity contribution in [3.05, 3.63) is 65.0 Å². The zero-order valence-electron chi connectivity index (χ0n) is 13.9. The van der Waals surface area contributed by atoms with Gasteiger partial charge in [0.25, 0.3) is 11.1 Å². The molecule has 134 valence electrons. The molecule has 0 unspecified atom stereocenters. The molecule has 0 fully saturated rings. The lowest BCUT2D eigenvalue weighted by Gasteiger charge is -2.04. The van der Waals surface area contributed by atoms with E-state index in [0.717, 1.165) is 23.1 Å². The van der Waals surface area contributed by atoms with Crippen molar-refractivity contribution in [3.63, 3.8) is 0 Å². The van der Waals surface area contributed by atoms with Crippen molar-refractivity contribution in [2.24, 2.45) is 0 Å². The van der Waals surface area contributed by atoms with Crippen LogP contribution in [0.3, 0.4) is 0 Å². The Kier molecular flexibility index (Phi) is 6.14. The molecule has 2 aromatic carbocycles. The maximum Gasteiger partial charge on any atom is 0.277 e. The Hall–Kier alpha value is -2.51. The Morgan fingerprint density at radius 2 is 2.04 bits per heavy atom. The molecule has 0 bridgehead atoms. The first kappa shape index (κ1) is 18.3. The van der Waals surface area contributed by atoms with Gasteiger partial charge in [-0.05, 0) is 37.3 Å². The van der Waals surface area contributed by atoms with Crippen LogP contribution in [0.25, 0.3) is 0 Å². The number of aromatic nitrogens is 2. The maximum absolute atomic E-state index is 12.0. The van der Waals surface area contributed by atoms with E-state index in [0.29, 0.717) is 21.8 Å². The summed E-state index contributed by atoms with van der Waals surface area (Å²) in [5.41, 5.74) is 1.80. The quantitative estimate of drug-likeness (QED) is 0.605. The second kappa shape index (κ2) is 8.73. The summed E-state index contributed by atoms with van der Waals surface area (Å²) in [5.74, 6) is 1.03. The zero-order valence-corrected chi connectivity index (χ0v) is 15.5. The number of halogens is 1. The number of amides is 1. The first-order chi connectivity index (χ1) is 12.6. The van der Waals surface area contributed by atoms with Crippen LogP contribution in [0.5, 0.6) is 5.75 Å². The van der Waals surface area contributed by atoms with Crippen LogP contribution in [0, 0.1) is 6.92 Å². The van der Waals surface area contributed by atoms with Crippen LogP contribution in [0.2, 0.25) is 5.02 Å². The smallest absolute Gasteiger partial charge is 0.277 e. The number of rotatable bonds is 7. The molecule has 0 atom stereocenters. The maximum atomic E-state index is 12.0. The molecule has 3 rings (SSSR count). The van der Waals surface area contributed by atoms with E-state index in [-0.39, 0.29) is 18.3 Å². The first-order valence-electron chi connectivity index (χ1n) is 7.78. The van der Waals surface area contributed by atoms with Crippen molar-refractivity contribution in [2.45, 2.75) is 18.8 Å². The standard InChI is InChI=1S/C18H16ClN3O3S/c1-12-5-7-15(8-6-12)24-10-17-21-22-18(25-17)26-11-16(23)20-14-4-2-3-13(19)9-14/h2-9H,10-11H2,1H3,(H,20,23). The molecule has 26 heavy (non-hydrogen) atoms. The number of carbonyl (C=O) groups is 1. The Morgan fingerprint density at radius 1 is 1.23 bits per heavy atom. The lowest BCUT2D eigenvalue weighted by atomic mass is 10.2. The number of hydrogen-bond donors (Lipinski definition) is 1. The van der Waals surface area contributed by atoms with Gasteiger partial charge in [0.2, 0.25) is 5.91 Å². The lowest BCUT2D eigenvalue weighted by Crippen LogP contribution is -2.13. The normalized spacial score (nSPS) is 10.5. The molecule has 0 aliphatic heterocycles. The largest absolute Gasteiger partial charge is 0.484 e. The van der Waals surface area contributed by atoms with Crippen molar-refractivity contribution < 1.29 is 13.9 Å². The van der Waals surface area contributed by atoms with E-state index in [9.17, 15) is 4.79 Å². The van der Waals surface area contributed by atoms with Crippen molar-refractivity contribution in [3.8, 4) is 5.75 Å². The fourth-order valence-corrected chi connectivity index (χ4v) is 2.80. The number of benzene rings is 2. The van der Waals surface area contributed by atoms with Crippen molar-refractivity contribution in [2.75, 3.05) is 11.1 Å². The summed E-state index contributed by atoms with van der Waals surface area (Å²) in [7, 11) is 0. The molecule has 1 aromatic heterocycles. The molecule has 3 aromatic rings. The molecule has 1 heterocycles. The average molecular weight is 390 g/mol. The van der Waals surface area contributed by atoms with E-state index in [1.54, 1.807) is 24.3 Å². The summed E-state index contributed by atoms with van der Waals surface area (Å²) in [4.78, 5) is 12.0. The Bertz CT molecular complexity index is 883. The number of thioether (sulfide) groups is 1. The van der Waals surface area contributed by atoms with Gasteiger partial charge in [0, 0.05) is 10.7 Å². The van der Waals surface area contributed by atoms with Gasteiger partial charge in [0.15, 0.2) is 6.61 Å². The minimum atomic E-state index is -0.187. The molecule has 0 spiro atoms. The number of ether oxygens (including phenoxy) is 1. The van der Waals surface area contributed by atoms with E-state index < -0.39 is 0 Å². The highest BCUT2D eigenvalue weighted by atomic mass is 35.5. The monoisotopic (exact) mass is 389 g/mol. The van der Waals surface area contributed by atoms with Crippen LogP contribution in [-0.4, -0.2) is 21.9 Å². The topological polar surface area (TPSA) is 77.2 Å². The number of aryl methyl sites for hydroxylation is 1. The van der Waals surface area contributed by atoms with Crippen LogP contribution < -0.4 is 10.1 Å². The predicted molar refractivity (Wildman–Crippen MR) is 101 cm³/mol. The third-order valence-electron chi connectivity index (χ3n) is 3.27. The van der Waals surface area contributed by atoms with E-state index in [1.165, 1.54) is 0 Å². The van der Waals surface area contributed by atoms with E-state index >= 15 is 0 Å². The molecule has 8 heteroatoms. The second-order valence-electron chi connectivity index (χ2n) is 5.41. The van der Waals surface area contributed by atoms with E-state index in [1.807, 2.05) is 31.2 Å².